The lowest BCUT2D eigenvalue weighted by Crippen LogP contribution is -2.11. The van der Waals surface area contributed by atoms with E-state index in [0.717, 1.165) is 0 Å². The Morgan fingerprint density at radius 3 is 2.46 bits per heavy atom. The van der Waals surface area contributed by atoms with Crippen molar-refractivity contribution in [3.8, 4) is 0 Å². The molecule has 1 unspecified atom stereocenters. The van der Waals surface area contributed by atoms with E-state index in [1.54, 1.807) is 30.3 Å². The second-order valence-electron chi connectivity index (χ2n) is 2.72. The van der Waals surface area contributed by atoms with Gasteiger partial charge in [-0.3, -0.25) is 10.1 Å². The van der Waals surface area contributed by atoms with E-state index in [1.165, 1.54) is 0 Å². The highest BCUT2D eigenvalue weighted by molar-refractivity contribution is 5.17. The van der Waals surface area contributed by atoms with Crippen molar-refractivity contribution in [1.29, 1.82) is 0 Å². The Bertz CT molecular complexity index is 273. The molecule has 0 aliphatic heterocycles. The number of aliphatic hydroxyl groups is 1. The first-order valence-electron chi connectivity index (χ1n) is 4.05. The van der Waals surface area contributed by atoms with Crippen molar-refractivity contribution in [2.45, 2.75) is 12.5 Å². The fraction of sp³-hybridized carbons (Fsp3) is 0.333. The normalized spacial score (nSPS) is 12.4. The van der Waals surface area contributed by atoms with Gasteiger partial charge in [0.15, 0.2) is 0 Å². The zero-order chi connectivity index (χ0) is 9.68. The van der Waals surface area contributed by atoms with Crippen LogP contribution in [0.4, 0.5) is 0 Å². The molecule has 0 amide bonds. The van der Waals surface area contributed by atoms with E-state index in [0.29, 0.717) is 5.56 Å². The molecule has 1 aromatic rings. The average molecular weight is 181 g/mol. The summed E-state index contributed by atoms with van der Waals surface area (Å²) < 4.78 is 0. The molecule has 4 heteroatoms. The lowest BCUT2D eigenvalue weighted by molar-refractivity contribution is -0.530. The van der Waals surface area contributed by atoms with Crippen LogP contribution in [0, 0.1) is 10.1 Å². The molecule has 0 radical (unpaired) electrons. The summed E-state index contributed by atoms with van der Waals surface area (Å²) in [7, 11) is 0. The molecule has 0 aliphatic rings. The van der Waals surface area contributed by atoms with Crippen LogP contribution in [0.3, 0.4) is 0 Å². The van der Waals surface area contributed by atoms with E-state index in [-0.39, 0.29) is 18.0 Å². The minimum atomic E-state index is -0.786. The van der Waals surface area contributed by atoms with Crippen LogP contribution in [0.2, 0.25) is 0 Å². The Balaban J connectivity index is 2.82. The predicted octanol–water partition coefficient (Wildman–Crippen LogP) is 1.39. The standard InChI is InChI=1S/C9H11NO3/c11-7-6-9(10(12)13)8-4-2-1-3-5-8/h1-5,9,11H,6-7H2. The summed E-state index contributed by atoms with van der Waals surface area (Å²) in [6.07, 6.45) is 0.164. The summed E-state index contributed by atoms with van der Waals surface area (Å²) in [5.74, 6) is 0. The molecule has 0 fully saturated rings. The van der Waals surface area contributed by atoms with Crippen LogP contribution in [0.15, 0.2) is 30.3 Å². The molecule has 1 N–H and O–H groups in total. The first-order valence-corrected chi connectivity index (χ1v) is 4.05. The number of rotatable bonds is 4. The number of benzene rings is 1. The molecule has 0 aromatic heterocycles. The minimum Gasteiger partial charge on any atom is -0.396 e. The molecule has 0 aliphatic carbocycles. The quantitative estimate of drug-likeness (QED) is 0.563. The monoisotopic (exact) mass is 181 g/mol. The molecule has 1 aromatic carbocycles. The van der Waals surface area contributed by atoms with Crippen LogP contribution in [0.1, 0.15) is 18.0 Å². The molecule has 0 heterocycles. The molecule has 0 saturated heterocycles. The van der Waals surface area contributed by atoms with Crippen LogP contribution >= 0.6 is 0 Å². The van der Waals surface area contributed by atoms with E-state index in [9.17, 15) is 10.1 Å². The van der Waals surface area contributed by atoms with Crippen LogP contribution in [-0.4, -0.2) is 16.6 Å². The van der Waals surface area contributed by atoms with Crippen molar-refractivity contribution in [2.24, 2.45) is 0 Å². The van der Waals surface area contributed by atoms with Crippen molar-refractivity contribution in [1.82, 2.24) is 0 Å². The maximum atomic E-state index is 10.6. The molecule has 70 valence electrons. The fourth-order valence-electron chi connectivity index (χ4n) is 1.19. The molecule has 0 bridgehead atoms. The predicted molar refractivity (Wildman–Crippen MR) is 47.9 cm³/mol. The van der Waals surface area contributed by atoms with Crippen molar-refractivity contribution < 1.29 is 10.0 Å². The zero-order valence-corrected chi connectivity index (χ0v) is 7.09. The molecular formula is C9H11NO3. The topological polar surface area (TPSA) is 63.4 Å². The van der Waals surface area contributed by atoms with Gasteiger partial charge in [0.2, 0.25) is 6.04 Å². The zero-order valence-electron chi connectivity index (χ0n) is 7.09. The van der Waals surface area contributed by atoms with Gasteiger partial charge in [-0.2, -0.15) is 0 Å². The number of nitrogens with zero attached hydrogens (tertiary/aromatic N) is 1. The van der Waals surface area contributed by atoms with Gasteiger partial charge in [-0.05, 0) is 0 Å². The first kappa shape index (κ1) is 9.67. The maximum absolute atomic E-state index is 10.6. The Morgan fingerprint density at radius 1 is 1.38 bits per heavy atom. The Hall–Kier alpha value is -1.42. The molecule has 1 atom stereocenters. The summed E-state index contributed by atoms with van der Waals surface area (Å²) >= 11 is 0. The lowest BCUT2D eigenvalue weighted by Gasteiger charge is -2.07. The third-order valence-corrected chi connectivity index (χ3v) is 1.84. The van der Waals surface area contributed by atoms with Crippen molar-refractivity contribution in [3.63, 3.8) is 0 Å². The van der Waals surface area contributed by atoms with Gasteiger partial charge < -0.3 is 5.11 Å². The van der Waals surface area contributed by atoms with E-state index >= 15 is 0 Å². The molecule has 4 nitrogen and oxygen atoms in total. The number of nitro groups is 1. The Kier molecular flexibility index (Phi) is 3.40. The SMILES string of the molecule is O=[N+]([O-])C(CCO)c1ccccc1. The minimum absolute atomic E-state index is 0.164. The van der Waals surface area contributed by atoms with Crippen LogP contribution in [0.5, 0.6) is 0 Å². The number of hydrogen-bond acceptors (Lipinski definition) is 3. The molecule has 0 spiro atoms. The van der Waals surface area contributed by atoms with Gasteiger partial charge in [0.1, 0.15) is 0 Å². The Morgan fingerprint density at radius 2 is 2.00 bits per heavy atom. The van der Waals surface area contributed by atoms with E-state index in [4.69, 9.17) is 5.11 Å². The molecule has 13 heavy (non-hydrogen) atoms. The highest BCUT2D eigenvalue weighted by Crippen LogP contribution is 2.18. The first-order chi connectivity index (χ1) is 6.25. The molecule has 0 saturated carbocycles. The second-order valence-corrected chi connectivity index (χ2v) is 2.72. The van der Waals surface area contributed by atoms with E-state index in [1.807, 2.05) is 0 Å². The smallest absolute Gasteiger partial charge is 0.240 e. The lowest BCUT2D eigenvalue weighted by atomic mass is 10.1. The third-order valence-electron chi connectivity index (χ3n) is 1.84. The summed E-state index contributed by atoms with van der Waals surface area (Å²) in [6.45, 7) is -0.166. The van der Waals surface area contributed by atoms with Crippen molar-refractivity contribution in [3.05, 3.63) is 46.0 Å². The van der Waals surface area contributed by atoms with Crippen LogP contribution in [0.25, 0.3) is 0 Å². The van der Waals surface area contributed by atoms with Gasteiger partial charge in [0.05, 0.1) is 0 Å². The van der Waals surface area contributed by atoms with Crippen molar-refractivity contribution in [2.75, 3.05) is 6.61 Å². The van der Waals surface area contributed by atoms with Gasteiger partial charge in [-0.15, -0.1) is 0 Å². The average Bonchev–Trinajstić information content (AvgIpc) is 2.15. The maximum Gasteiger partial charge on any atom is 0.240 e. The molecular weight excluding hydrogens is 170 g/mol. The Labute approximate surface area is 76.0 Å². The fourth-order valence-corrected chi connectivity index (χ4v) is 1.19. The van der Waals surface area contributed by atoms with Crippen molar-refractivity contribution >= 4 is 0 Å². The third kappa shape index (κ3) is 2.52. The van der Waals surface area contributed by atoms with Gasteiger partial charge in [0.25, 0.3) is 0 Å². The van der Waals surface area contributed by atoms with Gasteiger partial charge in [0, 0.05) is 23.5 Å². The van der Waals surface area contributed by atoms with Gasteiger partial charge in [-0.25, -0.2) is 0 Å². The van der Waals surface area contributed by atoms with Crippen LogP contribution < -0.4 is 0 Å². The highest BCUT2D eigenvalue weighted by Gasteiger charge is 2.20. The van der Waals surface area contributed by atoms with E-state index in [2.05, 4.69) is 0 Å². The largest absolute Gasteiger partial charge is 0.396 e. The number of aliphatic hydroxyl groups excluding tert-OH is 1. The summed E-state index contributed by atoms with van der Waals surface area (Å²) in [4.78, 5) is 10.2. The van der Waals surface area contributed by atoms with E-state index < -0.39 is 6.04 Å². The highest BCUT2D eigenvalue weighted by atomic mass is 16.6. The second kappa shape index (κ2) is 4.57. The summed E-state index contributed by atoms with van der Waals surface area (Å²) in [6, 6.07) is 7.92. The van der Waals surface area contributed by atoms with Crippen LogP contribution in [-0.2, 0) is 0 Å². The van der Waals surface area contributed by atoms with Gasteiger partial charge in [-0.1, -0.05) is 30.3 Å². The summed E-state index contributed by atoms with van der Waals surface area (Å²) in [5, 5.41) is 19.2. The van der Waals surface area contributed by atoms with Gasteiger partial charge >= 0.3 is 0 Å². The molecule has 1 rings (SSSR count). The summed E-state index contributed by atoms with van der Waals surface area (Å²) in [5.41, 5.74) is 0.640. The number of hydrogen-bond donors (Lipinski definition) is 1.